The fraction of sp³-hybridized carbons (Fsp3) is 0.588. The van der Waals surface area contributed by atoms with Gasteiger partial charge in [0.2, 0.25) is 0 Å². The molecular formula is C17H24N2O2S. The Labute approximate surface area is 136 Å². The summed E-state index contributed by atoms with van der Waals surface area (Å²) in [7, 11) is 0. The van der Waals surface area contributed by atoms with Gasteiger partial charge in [-0.1, -0.05) is 18.2 Å². The van der Waals surface area contributed by atoms with Crippen molar-refractivity contribution < 1.29 is 9.90 Å². The van der Waals surface area contributed by atoms with E-state index in [2.05, 4.69) is 41.4 Å². The van der Waals surface area contributed by atoms with Gasteiger partial charge in [-0.3, -0.25) is 4.79 Å². The third-order valence-corrected chi connectivity index (χ3v) is 5.74. The largest absolute Gasteiger partial charge is 0.380 e. The van der Waals surface area contributed by atoms with Gasteiger partial charge in [-0.2, -0.15) is 11.8 Å². The summed E-state index contributed by atoms with van der Waals surface area (Å²) in [5.74, 6) is 1.52. The maximum absolute atomic E-state index is 12.3. The SMILES string of the molecule is CC(CNC(=O)C1(O)CCSCC1)N1CCc2ccccc21. The maximum Gasteiger partial charge on any atom is 0.252 e. The molecule has 120 valence electrons. The highest BCUT2D eigenvalue weighted by Gasteiger charge is 2.37. The zero-order valence-corrected chi connectivity index (χ0v) is 13.9. The summed E-state index contributed by atoms with van der Waals surface area (Å²) >= 11 is 1.80. The van der Waals surface area contributed by atoms with Crippen LogP contribution < -0.4 is 10.2 Å². The third-order valence-electron chi connectivity index (χ3n) is 4.76. The minimum Gasteiger partial charge on any atom is -0.380 e. The average molecular weight is 320 g/mol. The predicted molar refractivity (Wildman–Crippen MR) is 91.5 cm³/mol. The Balaban J connectivity index is 1.57. The summed E-state index contributed by atoms with van der Waals surface area (Å²) in [5.41, 5.74) is 1.49. The molecule has 0 radical (unpaired) electrons. The van der Waals surface area contributed by atoms with Crippen LogP contribution in [0, 0.1) is 0 Å². The molecule has 22 heavy (non-hydrogen) atoms. The Morgan fingerprint density at radius 3 is 2.91 bits per heavy atom. The molecule has 1 atom stereocenters. The standard InChI is InChI=1S/C17H24N2O2S/c1-13(19-9-6-14-4-2-3-5-15(14)19)12-18-16(20)17(21)7-10-22-11-8-17/h2-5,13,21H,6-12H2,1H3,(H,18,20). The van der Waals surface area contributed by atoms with E-state index in [-0.39, 0.29) is 11.9 Å². The van der Waals surface area contributed by atoms with Gasteiger partial charge in [0, 0.05) is 24.8 Å². The molecule has 5 heteroatoms. The first-order valence-corrected chi connectivity index (χ1v) is 9.18. The molecule has 0 bridgehead atoms. The number of fused-ring (bicyclic) bond motifs is 1. The van der Waals surface area contributed by atoms with Crippen LogP contribution in [0.2, 0.25) is 0 Å². The molecule has 0 spiro atoms. The van der Waals surface area contributed by atoms with Crippen LogP contribution in [-0.2, 0) is 11.2 Å². The highest BCUT2D eigenvalue weighted by molar-refractivity contribution is 7.99. The van der Waals surface area contributed by atoms with E-state index >= 15 is 0 Å². The Morgan fingerprint density at radius 2 is 2.14 bits per heavy atom. The average Bonchev–Trinajstić information content (AvgIpc) is 2.97. The second-order valence-corrected chi connectivity index (χ2v) is 7.50. The molecule has 4 nitrogen and oxygen atoms in total. The van der Waals surface area contributed by atoms with E-state index < -0.39 is 5.60 Å². The van der Waals surface area contributed by atoms with Crippen molar-refractivity contribution in [3.63, 3.8) is 0 Å². The number of rotatable bonds is 4. The first-order valence-electron chi connectivity index (χ1n) is 8.03. The molecule has 0 saturated carbocycles. The van der Waals surface area contributed by atoms with Crippen molar-refractivity contribution in [2.75, 3.05) is 29.5 Å². The molecule has 2 aliphatic heterocycles. The number of carbonyl (C=O) groups excluding carboxylic acids is 1. The van der Waals surface area contributed by atoms with E-state index in [0.717, 1.165) is 24.5 Å². The molecule has 3 rings (SSSR count). The molecule has 1 fully saturated rings. The lowest BCUT2D eigenvalue weighted by atomic mass is 9.96. The number of carbonyl (C=O) groups is 1. The van der Waals surface area contributed by atoms with E-state index in [4.69, 9.17) is 0 Å². The zero-order valence-electron chi connectivity index (χ0n) is 13.0. The van der Waals surface area contributed by atoms with Gasteiger partial charge in [-0.05, 0) is 49.3 Å². The zero-order chi connectivity index (χ0) is 15.6. The third kappa shape index (κ3) is 3.10. The number of nitrogens with zero attached hydrogens (tertiary/aromatic N) is 1. The van der Waals surface area contributed by atoms with E-state index in [1.54, 1.807) is 11.8 Å². The number of aliphatic hydroxyl groups is 1. The molecular weight excluding hydrogens is 296 g/mol. The minimum atomic E-state index is -1.16. The van der Waals surface area contributed by atoms with E-state index in [9.17, 15) is 9.90 Å². The van der Waals surface area contributed by atoms with Crippen LogP contribution in [0.1, 0.15) is 25.3 Å². The second kappa shape index (κ2) is 6.50. The van der Waals surface area contributed by atoms with Gasteiger partial charge in [0.1, 0.15) is 5.60 Å². The molecule has 2 N–H and O–H groups in total. The van der Waals surface area contributed by atoms with Crippen molar-refractivity contribution in [3.8, 4) is 0 Å². The summed E-state index contributed by atoms with van der Waals surface area (Å²) in [6.07, 6.45) is 2.18. The molecule has 2 heterocycles. The van der Waals surface area contributed by atoms with Crippen LogP contribution in [0.4, 0.5) is 5.69 Å². The monoisotopic (exact) mass is 320 g/mol. The number of para-hydroxylation sites is 1. The molecule has 1 aromatic rings. The summed E-state index contributed by atoms with van der Waals surface area (Å²) in [4.78, 5) is 14.6. The molecule has 1 unspecified atom stereocenters. The van der Waals surface area contributed by atoms with Crippen molar-refractivity contribution in [2.24, 2.45) is 0 Å². The van der Waals surface area contributed by atoms with Crippen molar-refractivity contribution in [1.82, 2.24) is 5.32 Å². The van der Waals surface area contributed by atoms with Crippen LogP contribution in [0.15, 0.2) is 24.3 Å². The highest BCUT2D eigenvalue weighted by Crippen LogP contribution is 2.29. The normalized spacial score (nSPS) is 21.3. The van der Waals surface area contributed by atoms with Gasteiger partial charge in [-0.25, -0.2) is 0 Å². The van der Waals surface area contributed by atoms with Gasteiger partial charge in [-0.15, -0.1) is 0 Å². The van der Waals surface area contributed by atoms with Crippen LogP contribution >= 0.6 is 11.8 Å². The molecule has 0 aromatic heterocycles. The van der Waals surface area contributed by atoms with Crippen LogP contribution in [0.25, 0.3) is 0 Å². The van der Waals surface area contributed by atoms with E-state index in [1.807, 2.05) is 0 Å². The summed E-state index contributed by atoms with van der Waals surface area (Å²) < 4.78 is 0. The number of hydrogen-bond donors (Lipinski definition) is 2. The first kappa shape index (κ1) is 15.7. The second-order valence-electron chi connectivity index (χ2n) is 6.28. The number of anilines is 1. The highest BCUT2D eigenvalue weighted by atomic mass is 32.2. The molecule has 0 aliphatic carbocycles. The van der Waals surface area contributed by atoms with Gasteiger partial charge < -0.3 is 15.3 Å². The van der Waals surface area contributed by atoms with Crippen molar-refractivity contribution in [1.29, 1.82) is 0 Å². The van der Waals surface area contributed by atoms with Crippen LogP contribution in [0.3, 0.4) is 0 Å². The number of benzene rings is 1. The Hall–Kier alpha value is -1.20. The van der Waals surface area contributed by atoms with E-state index in [0.29, 0.717) is 19.4 Å². The number of nitrogens with one attached hydrogen (secondary N) is 1. The quantitative estimate of drug-likeness (QED) is 0.888. The summed E-state index contributed by atoms with van der Waals surface area (Å²) in [5, 5.41) is 13.4. The first-order chi connectivity index (χ1) is 10.6. The predicted octanol–water partition coefficient (Wildman–Crippen LogP) is 1.81. The lowest BCUT2D eigenvalue weighted by molar-refractivity contribution is -0.140. The van der Waals surface area contributed by atoms with Crippen LogP contribution in [0.5, 0.6) is 0 Å². The lowest BCUT2D eigenvalue weighted by Crippen LogP contribution is -2.52. The summed E-state index contributed by atoms with van der Waals surface area (Å²) in [6.45, 7) is 3.70. The summed E-state index contributed by atoms with van der Waals surface area (Å²) in [6, 6.07) is 8.68. The van der Waals surface area contributed by atoms with Gasteiger partial charge in [0.15, 0.2) is 0 Å². The lowest BCUT2D eigenvalue weighted by Gasteiger charge is -2.32. The van der Waals surface area contributed by atoms with Crippen LogP contribution in [-0.4, -0.2) is 47.3 Å². The van der Waals surface area contributed by atoms with Gasteiger partial charge in [0.25, 0.3) is 5.91 Å². The van der Waals surface area contributed by atoms with Crippen molar-refractivity contribution in [2.45, 2.75) is 37.8 Å². The Bertz CT molecular complexity index is 543. The Morgan fingerprint density at radius 1 is 1.41 bits per heavy atom. The van der Waals surface area contributed by atoms with Crippen molar-refractivity contribution in [3.05, 3.63) is 29.8 Å². The number of amides is 1. The number of thioether (sulfide) groups is 1. The van der Waals surface area contributed by atoms with Crippen molar-refractivity contribution >= 4 is 23.4 Å². The van der Waals surface area contributed by atoms with Gasteiger partial charge in [0.05, 0.1) is 0 Å². The molecule has 1 saturated heterocycles. The molecule has 1 amide bonds. The fourth-order valence-corrected chi connectivity index (χ4v) is 4.44. The number of hydrogen-bond acceptors (Lipinski definition) is 4. The van der Waals surface area contributed by atoms with E-state index in [1.165, 1.54) is 11.3 Å². The molecule has 1 aromatic carbocycles. The Kier molecular flexibility index (Phi) is 4.64. The maximum atomic E-state index is 12.3. The van der Waals surface area contributed by atoms with Gasteiger partial charge >= 0.3 is 0 Å². The minimum absolute atomic E-state index is 0.202. The molecule has 2 aliphatic rings. The topological polar surface area (TPSA) is 52.6 Å². The fourth-order valence-electron chi connectivity index (χ4n) is 3.27. The smallest absolute Gasteiger partial charge is 0.252 e.